The molecule has 0 bridgehead atoms. The van der Waals surface area contributed by atoms with Crippen LogP contribution in [-0.4, -0.2) is 64.5 Å². The molecule has 5 rings (SSSR count). The third-order valence-electron chi connectivity index (χ3n) is 6.89. The summed E-state index contributed by atoms with van der Waals surface area (Å²) < 4.78 is 2.14. The molecule has 2 aromatic rings. The minimum Gasteiger partial charge on any atom is -0.372 e. The number of carbonyl (C=O) groups is 2. The molecular weight excluding hydrogens is 454 g/mol. The van der Waals surface area contributed by atoms with Crippen molar-refractivity contribution in [3.8, 4) is 0 Å². The maximum atomic E-state index is 13.3. The highest BCUT2D eigenvalue weighted by Gasteiger charge is 2.28. The summed E-state index contributed by atoms with van der Waals surface area (Å²) >= 11 is 0. The molecule has 0 spiro atoms. The fourth-order valence-corrected chi connectivity index (χ4v) is 5.06. The number of likely N-dealkylation sites (tertiary alicyclic amines) is 1. The fraction of sp³-hybridized carbons (Fsp3) is 0.370. The van der Waals surface area contributed by atoms with Crippen molar-refractivity contribution in [2.24, 2.45) is 0 Å². The van der Waals surface area contributed by atoms with Gasteiger partial charge in [0.1, 0.15) is 0 Å². The molecule has 4 heterocycles. The molecule has 2 amide bonds. The van der Waals surface area contributed by atoms with Gasteiger partial charge in [0.25, 0.3) is 5.91 Å². The number of aromatic nitrogens is 2. The summed E-state index contributed by atoms with van der Waals surface area (Å²) in [5, 5.41) is 9.28. The van der Waals surface area contributed by atoms with E-state index in [1.165, 1.54) is 0 Å². The summed E-state index contributed by atoms with van der Waals surface area (Å²) in [6.07, 6.45) is 13.9. The van der Waals surface area contributed by atoms with Gasteiger partial charge in [0.05, 0.1) is 29.4 Å². The molecule has 188 valence electrons. The highest BCUT2D eigenvalue weighted by Crippen LogP contribution is 2.32. The number of likely N-dealkylation sites (N-methyl/N-ethyl adjacent to an activating group) is 1. The van der Waals surface area contributed by atoms with E-state index in [1.807, 2.05) is 59.6 Å². The predicted molar refractivity (Wildman–Crippen MR) is 141 cm³/mol. The minimum atomic E-state index is -0.204. The highest BCUT2D eigenvalue weighted by atomic mass is 16.2. The lowest BCUT2D eigenvalue weighted by Gasteiger charge is -2.26. The Labute approximate surface area is 211 Å². The Balaban J connectivity index is 1.46. The molecule has 1 atom stereocenters. The van der Waals surface area contributed by atoms with E-state index >= 15 is 0 Å². The molecule has 0 aliphatic carbocycles. The van der Waals surface area contributed by atoms with Gasteiger partial charge in [-0.2, -0.15) is 0 Å². The Morgan fingerprint density at radius 3 is 3.03 bits per heavy atom. The van der Waals surface area contributed by atoms with Crippen LogP contribution < -0.4 is 16.0 Å². The quantitative estimate of drug-likeness (QED) is 0.543. The summed E-state index contributed by atoms with van der Waals surface area (Å²) in [6, 6.07) is 6.02. The largest absolute Gasteiger partial charge is 0.372 e. The molecule has 9 heteroatoms. The number of imidazole rings is 1. The number of hydrogen-bond donors (Lipinski definition) is 3. The van der Waals surface area contributed by atoms with Crippen molar-refractivity contribution in [2.45, 2.75) is 32.2 Å². The standard InChI is InChI=1S/C27H33N7O2/c1-19-7-5-9-23-25(19)34(21-8-3-4-13-32(17-21)24(35)10-6-12-28-2)27(30-23)31-26(36)20-11-14-33-18-29-16-22(33)15-20/h5-7,9-11,14-16,21,28-29H,3-4,8,12-13,17-18H2,1-2H3,(H,30,31,36)/b10-6+. The lowest BCUT2D eigenvalue weighted by atomic mass is 10.1. The Bertz CT molecular complexity index is 1290. The number of nitrogens with one attached hydrogen (secondary N) is 3. The molecule has 1 aromatic carbocycles. The van der Waals surface area contributed by atoms with Crippen LogP contribution in [0.15, 0.2) is 66.2 Å². The fourth-order valence-electron chi connectivity index (χ4n) is 5.06. The smallest absolute Gasteiger partial charge is 0.258 e. The number of aryl methyl sites for hydroxylation is 1. The Morgan fingerprint density at radius 1 is 1.28 bits per heavy atom. The van der Waals surface area contributed by atoms with Crippen molar-refractivity contribution >= 4 is 28.8 Å². The molecule has 1 fully saturated rings. The number of rotatable bonds is 6. The molecule has 0 radical (unpaired) electrons. The minimum absolute atomic E-state index is 0.00339. The lowest BCUT2D eigenvalue weighted by molar-refractivity contribution is -0.126. The zero-order chi connectivity index (χ0) is 25.1. The van der Waals surface area contributed by atoms with Gasteiger partial charge < -0.3 is 25.0 Å². The Morgan fingerprint density at radius 2 is 2.17 bits per heavy atom. The van der Waals surface area contributed by atoms with E-state index in [2.05, 4.69) is 33.5 Å². The van der Waals surface area contributed by atoms with E-state index in [1.54, 1.807) is 6.08 Å². The summed E-state index contributed by atoms with van der Waals surface area (Å²) in [6.45, 7) is 4.71. The number of benzene rings is 1. The molecule has 0 saturated carbocycles. The van der Waals surface area contributed by atoms with E-state index in [0.717, 1.165) is 48.1 Å². The SMILES string of the molecule is CNC/C=C/C(=O)N1CCCCC(n2c(NC(=O)C3=CC4=CNCN4C=C3)nc3cccc(C)c32)C1. The Hall–Kier alpha value is -3.85. The average Bonchev–Trinajstić information content (AvgIpc) is 3.41. The number of amides is 2. The zero-order valence-corrected chi connectivity index (χ0v) is 20.8. The van der Waals surface area contributed by atoms with Gasteiger partial charge in [0.2, 0.25) is 11.9 Å². The van der Waals surface area contributed by atoms with Gasteiger partial charge in [-0.1, -0.05) is 18.2 Å². The van der Waals surface area contributed by atoms with E-state index in [4.69, 9.17) is 4.98 Å². The van der Waals surface area contributed by atoms with Crippen LogP contribution in [0.4, 0.5) is 5.95 Å². The topological polar surface area (TPSA) is 94.5 Å². The second-order valence-corrected chi connectivity index (χ2v) is 9.41. The molecule has 1 unspecified atom stereocenters. The van der Waals surface area contributed by atoms with Gasteiger partial charge in [0.15, 0.2) is 0 Å². The summed E-state index contributed by atoms with van der Waals surface area (Å²) in [5.41, 5.74) is 4.45. The first kappa shape index (κ1) is 23.9. The van der Waals surface area contributed by atoms with Gasteiger partial charge in [0, 0.05) is 43.7 Å². The number of nitrogens with zero attached hydrogens (tertiary/aromatic N) is 4. The molecule has 9 nitrogen and oxygen atoms in total. The number of carbonyl (C=O) groups excluding carboxylic acids is 2. The predicted octanol–water partition coefficient (Wildman–Crippen LogP) is 2.77. The monoisotopic (exact) mass is 487 g/mol. The Kier molecular flexibility index (Phi) is 6.90. The van der Waals surface area contributed by atoms with Crippen molar-refractivity contribution in [3.63, 3.8) is 0 Å². The second kappa shape index (κ2) is 10.4. The van der Waals surface area contributed by atoms with E-state index < -0.39 is 0 Å². The summed E-state index contributed by atoms with van der Waals surface area (Å²) in [4.78, 5) is 35.0. The van der Waals surface area contributed by atoms with Gasteiger partial charge in [-0.3, -0.25) is 14.9 Å². The third-order valence-corrected chi connectivity index (χ3v) is 6.89. The second-order valence-electron chi connectivity index (χ2n) is 9.41. The summed E-state index contributed by atoms with van der Waals surface area (Å²) in [7, 11) is 1.86. The maximum Gasteiger partial charge on any atom is 0.258 e. The van der Waals surface area contributed by atoms with Crippen molar-refractivity contribution in [1.82, 2.24) is 30.0 Å². The lowest BCUT2D eigenvalue weighted by Crippen LogP contribution is -2.35. The van der Waals surface area contributed by atoms with Crippen molar-refractivity contribution in [2.75, 3.05) is 38.7 Å². The summed E-state index contributed by atoms with van der Waals surface area (Å²) in [5.74, 6) is 0.332. The first-order valence-corrected chi connectivity index (χ1v) is 12.5. The van der Waals surface area contributed by atoms with Crippen LogP contribution >= 0.6 is 0 Å². The number of fused-ring (bicyclic) bond motifs is 2. The third kappa shape index (κ3) is 4.79. The van der Waals surface area contributed by atoms with E-state index in [-0.39, 0.29) is 17.9 Å². The van der Waals surface area contributed by atoms with Gasteiger partial charge in [-0.15, -0.1) is 0 Å². The van der Waals surface area contributed by atoms with Gasteiger partial charge >= 0.3 is 0 Å². The molecule has 1 saturated heterocycles. The van der Waals surface area contributed by atoms with Crippen molar-refractivity contribution in [3.05, 3.63) is 71.7 Å². The van der Waals surface area contributed by atoms with Crippen LogP contribution in [0.3, 0.4) is 0 Å². The molecular formula is C27H33N7O2. The molecule has 3 aliphatic rings. The van der Waals surface area contributed by atoms with Crippen molar-refractivity contribution < 1.29 is 9.59 Å². The number of para-hydroxylation sites is 1. The van der Waals surface area contributed by atoms with Crippen LogP contribution in [-0.2, 0) is 9.59 Å². The molecule has 1 aromatic heterocycles. The molecule has 3 aliphatic heterocycles. The maximum absolute atomic E-state index is 13.3. The molecule has 3 N–H and O–H groups in total. The first-order chi connectivity index (χ1) is 17.5. The zero-order valence-electron chi connectivity index (χ0n) is 20.8. The number of allylic oxidation sites excluding steroid dienone is 1. The molecule has 36 heavy (non-hydrogen) atoms. The van der Waals surface area contributed by atoms with Crippen LogP contribution in [0.25, 0.3) is 11.0 Å². The van der Waals surface area contributed by atoms with E-state index in [9.17, 15) is 9.59 Å². The van der Waals surface area contributed by atoms with Crippen LogP contribution in [0.2, 0.25) is 0 Å². The highest BCUT2D eigenvalue weighted by molar-refractivity contribution is 6.06. The number of hydrogen-bond acceptors (Lipinski definition) is 6. The average molecular weight is 488 g/mol. The number of anilines is 1. The van der Waals surface area contributed by atoms with Crippen LogP contribution in [0, 0.1) is 6.92 Å². The normalized spacial score (nSPS) is 19.7. The van der Waals surface area contributed by atoms with Crippen LogP contribution in [0.5, 0.6) is 0 Å². The van der Waals surface area contributed by atoms with Crippen LogP contribution in [0.1, 0.15) is 30.9 Å². The van der Waals surface area contributed by atoms with Gasteiger partial charge in [-0.05, 0) is 57.0 Å². The van der Waals surface area contributed by atoms with Gasteiger partial charge in [-0.25, -0.2) is 4.98 Å². The van der Waals surface area contributed by atoms with Crippen molar-refractivity contribution in [1.29, 1.82) is 0 Å². The van der Waals surface area contributed by atoms with E-state index in [0.29, 0.717) is 31.3 Å². The first-order valence-electron chi connectivity index (χ1n) is 12.5.